The normalized spacial score (nSPS) is 26.3. The first-order valence-electron chi connectivity index (χ1n) is 10.2. The highest BCUT2D eigenvalue weighted by Crippen LogP contribution is 2.40. The minimum absolute atomic E-state index is 0.130. The molecule has 2 aromatic rings. The molecular formula is C22H28N4O3. The first-order valence-corrected chi connectivity index (χ1v) is 10.2. The molecule has 2 fully saturated rings. The van der Waals surface area contributed by atoms with E-state index in [-0.39, 0.29) is 5.91 Å². The predicted molar refractivity (Wildman–Crippen MR) is 110 cm³/mol. The van der Waals surface area contributed by atoms with Crippen molar-refractivity contribution in [2.45, 2.75) is 50.4 Å². The molecule has 2 aliphatic rings. The van der Waals surface area contributed by atoms with Gasteiger partial charge in [-0.15, -0.1) is 10.2 Å². The minimum Gasteiger partial charge on any atom is -0.388 e. The molecule has 4 rings (SSSR count). The van der Waals surface area contributed by atoms with Gasteiger partial charge < -0.3 is 20.1 Å². The number of rotatable bonds is 3. The van der Waals surface area contributed by atoms with Crippen LogP contribution in [0.2, 0.25) is 0 Å². The molecule has 2 aliphatic heterocycles. The van der Waals surface area contributed by atoms with E-state index in [1.165, 1.54) is 6.92 Å². The van der Waals surface area contributed by atoms with E-state index in [4.69, 9.17) is 4.74 Å². The van der Waals surface area contributed by atoms with Crippen LogP contribution in [-0.4, -0.2) is 58.2 Å². The number of hydrogen-bond donors (Lipinski definition) is 2. The molecule has 0 bridgehead atoms. The molecule has 0 unspecified atom stereocenters. The molecule has 0 aliphatic carbocycles. The van der Waals surface area contributed by atoms with Crippen LogP contribution in [0.3, 0.4) is 0 Å². The molecule has 3 heterocycles. The molecule has 2 atom stereocenters. The smallest absolute Gasteiger partial charge is 0.217 e. The van der Waals surface area contributed by atoms with Crippen LogP contribution in [0, 0.1) is 0 Å². The predicted octanol–water partition coefficient (Wildman–Crippen LogP) is 2.16. The zero-order valence-electron chi connectivity index (χ0n) is 17.0. The van der Waals surface area contributed by atoms with Crippen molar-refractivity contribution in [3.05, 3.63) is 42.5 Å². The molecule has 1 spiro atoms. The summed E-state index contributed by atoms with van der Waals surface area (Å²) in [6.45, 7) is 5.35. The van der Waals surface area contributed by atoms with Crippen molar-refractivity contribution in [1.29, 1.82) is 0 Å². The number of aliphatic hydroxyl groups is 1. The number of benzene rings is 1. The molecule has 1 aromatic carbocycles. The van der Waals surface area contributed by atoms with Crippen molar-refractivity contribution in [2.24, 2.45) is 0 Å². The molecule has 154 valence electrons. The van der Waals surface area contributed by atoms with E-state index >= 15 is 0 Å². The summed E-state index contributed by atoms with van der Waals surface area (Å²) >= 11 is 0. The lowest BCUT2D eigenvalue weighted by Gasteiger charge is -2.53. The second-order valence-corrected chi connectivity index (χ2v) is 8.29. The van der Waals surface area contributed by atoms with Gasteiger partial charge in [-0.25, -0.2) is 0 Å². The zero-order valence-corrected chi connectivity index (χ0v) is 17.0. The average Bonchev–Trinajstić information content (AvgIpc) is 2.73. The molecular weight excluding hydrogens is 368 g/mol. The van der Waals surface area contributed by atoms with Gasteiger partial charge in [-0.3, -0.25) is 4.79 Å². The van der Waals surface area contributed by atoms with Crippen molar-refractivity contribution in [1.82, 2.24) is 15.5 Å². The molecule has 1 amide bonds. The Balaban J connectivity index is 1.44. The Hall–Kier alpha value is -2.51. The SMILES string of the molecule is CC(=O)N[C@@]1(C)CCOC2(CCN(c3ccc(-c4ccccc4)nn3)CC2)[C@@H]1O. The molecule has 0 saturated carbocycles. The van der Waals surface area contributed by atoms with Gasteiger partial charge in [0.2, 0.25) is 5.91 Å². The van der Waals surface area contributed by atoms with Crippen molar-refractivity contribution in [2.75, 3.05) is 24.6 Å². The fraction of sp³-hybridized carbons (Fsp3) is 0.500. The van der Waals surface area contributed by atoms with Gasteiger partial charge in [0.15, 0.2) is 5.82 Å². The Bertz CT molecular complexity index is 850. The van der Waals surface area contributed by atoms with Crippen LogP contribution in [0.5, 0.6) is 0 Å². The first-order chi connectivity index (χ1) is 13.9. The number of aromatic nitrogens is 2. The van der Waals surface area contributed by atoms with Gasteiger partial charge in [0.05, 0.1) is 16.8 Å². The summed E-state index contributed by atoms with van der Waals surface area (Å²) in [6, 6.07) is 14.0. The Kier molecular flexibility index (Phi) is 5.27. The summed E-state index contributed by atoms with van der Waals surface area (Å²) < 4.78 is 6.09. The number of aliphatic hydroxyl groups excluding tert-OH is 1. The van der Waals surface area contributed by atoms with Gasteiger partial charge in [-0.2, -0.15) is 0 Å². The van der Waals surface area contributed by atoms with Gasteiger partial charge in [0.25, 0.3) is 0 Å². The lowest BCUT2D eigenvalue weighted by atomic mass is 9.73. The fourth-order valence-electron chi connectivity index (χ4n) is 4.58. The summed E-state index contributed by atoms with van der Waals surface area (Å²) in [7, 11) is 0. The van der Waals surface area contributed by atoms with Crippen LogP contribution in [0.1, 0.15) is 33.1 Å². The third-order valence-electron chi connectivity index (χ3n) is 6.23. The number of amides is 1. The Morgan fingerprint density at radius 1 is 1.14 bits per heavy atom. The number of anilines is 1. The third kappa shape index (κ3) is 3.84. The summed E-state index contributed by atoms with van der Waals surface area (Å²) in [5.41, 5.74) is 0.590. The number of piperidine rings is 1. The lowest BCUT2D eigenvalue weighted by Crippen LogP contribution is -2.69. The maximum Gasteiger partial charge on any atom is 0.217 e. The molecule has 1 aromatic heterocycles. The Labute approximate surface area is 171 Å². The fourth-order valence-corrected chi connectivity index (χ4v) is 4.58. The third-order valence-corrected chi connectivity index (χ3v) is 6.23. The first kappa shape index (κ1) is 19.8. The van der Waals surface area contributed by atoms with Crippen LogP contribution in [0.4, 0.5) is 5.82 Å². The molecule has 7 nitrogen and oxygen atoms in total. The average molecular weight is 396 g/mol. The Morgan fingerprint density at radius 3 is 2.48 bits per heavy atom. The number of nitrogens with zero attached hydrogens (tertiary/aromatic N) is 3. The van der Waals surface area contributed by atoms with E-state index in [1.807, 2.05) is 49.4 Å². The standard InChI is InChI=1S/C22H28N4O3/c1-16(27)23-21(2)12-15-29-22(20(21)28)10-13-26(14-11-22)19-9-8-18(24-25-19)17-6-4-3-5-7-17/h3-9,20,28H,10-15H2,1-2H3,(H,23,27)/t20-,21+/m1/s1. The largest absolute Gasteiger partial charge is 0.388 e. The maximum atomic E-state index is 11.6. The van der Waals surface area contributed by atoms with Crippen molar-refractivity contribution in [3.8, 4) is 11.3 Å². The second-order valence-electron chi connectivity index (χ2n) is 8.29. The zero-order chi connectivity index (χ0) is 20.5. The van der Waals surface area contributed by atoms with E-state index in [2.05, 4.69) is 20.4 Å². The summed E-state index contributed by atoms with van der Waals surface area (Å²) in [6.07, 6.45) is 1.20. The topological polar surface area (TPSA) is 87.6 Å². The molecule has 0 radical (unpaired) electrons. The van der Waals surface area contributed by atoms with Crippen LogP contribution < -0.4 is 10.2 Å². The Morgan fingerprint density at radius 2 is 1.86 bits per heavy atom. The second kappa shape index (κ2) is 7.72. The van der Waals surface area contributed by atoms with E-state index in [0.717, 1.165) is 17.1 Å². The van der Waals surface area contributed by atoms with Gasteiger partial charge >= 0.3 is 0 Å². The van der Waals surface area contributed by atoms with E-state index in [0.29, 0.717) is 39.0 Å². The van der Waals surface area contributed by atoms with Crippen molar-refractivity contribution >= 4 is 11.7 Å². The highest BCUT2D eigenvalue weighted by atomic mass is 16.5. The summed E-state index contributed by atoms with van der Waals surface area (Å²) in [5, 5.41) is 22.8. The number of nitrogens with one attached hydrogen (secondary N) is 1. The number of carbonyl (C=O) groups excluding carboxylic acids is 1. The highest BCUT2D eigenvalue weighted by Gasteiger charge is 2.53. The molecule has 2 saturated heterocycles. The van der Waals surface area contributed by atoms with Crippen LogP contribution in [0.15, 0.2) is 42.5 Å². The van der Waals surface area contributed by atoms with Gasteiger partial charge in [0, 0.05) is 32.2 Å². The van der Waals surface area contributed by atoms with Gasteiger partial charge in [-0.05, 0) is 38.3 Å². The number of carbonyl (C=O) groups is 1. The van der Waals surface area contributed by atoms with Crippen LogP contribution in [-0.2, 0) is 9.53 Å². The monoisotopic (exact) mass is 396 g/mol. The van der Waals surface area contributed by atoms with Crippen molar-refractivity contribution in [3.63, 3.8) is 0 Å². The number of ether oxygens (including phenoxy) is 1. The molecule has 2 N–H and O–H groups in total. The van der Waals surface area contributed by atoms with Crippen molar-refractivity contribution < 1.29 is 14.6 Å². The van der Waals surface area contributed by atoms with Crippen LogP contribution >= 0.6 is 0 Å². The highest BCUT2D eigenvalue weighted by molar-refractivity contribution is 5.74. The quantitative estimate of drug-likeness (QED) is 0.827. The van der Waals surface area contributed by atoms with E-state index in [9.17, 15) is 9.90 Å². The van der Waals surface area contributed by atoms with E-state index < -0.39 is 17.2 Å². The maximum absolute atomic E-state index is 11.6. The van der Waals surface area contributed by atoms with Crippen LogP contribution in [0.25, 0.3) is 11.3 Å². The lowest BCUT2D eigenvalue weighted by molar-refractivity contribution is -0.198. The number of hydrogen-bond acceptors (Lipinski definition) is 6. The van der Waals surface area contributed by atoms with Gasteiger partial charge in [-0.1, -0.05) is 30.3 Å². The summed E-state index contributed by atoms with van der Waals surface area (Å²) in [5.74, 6) is 0.698. The molecule has 7 heteroatoms. The van der Waals surface area contributed by atoms with E-state index in [1.54, 1.807) is 0 Å². The van der Waals surface area contributed by atoms with Gasteiger partial charge in [0.1, 0.15) is 6.10 Å². The minimum atomic E-state index is -0.749. The molecule has 29 heavy (non-hydrogen) atoms. The summed E-state index contributed by atoms with van der Waals surface area (Å²) in [4.78, 5) is 13.8.